The van der Waals surface area contributed by atoms with Crippen molar-refractivity contribution in [3.8, 4) is 0 Å². The minimum absolute atomic E-state index is 0.132. The van der Waals surface area contributed by atoms with E-state index in [1.807, 2.05) is 34.9 Å². The molecule has 164 valence electrons. The molecule has 32 heavy (non-hydrogen) atoms. The number of anilines is 1. The summed E-state index contributed by atoms with van der Waals surface area (Å²) in [6.45, 7) is 1.58. The Hall–Kier alpha value is -3.45. The van der Waals surface area contributed by atoms with E-state index < -0.39 is 17.7 Å². The molecular formula is C25H23F2N3O2. The summed E-state index contributed by atoms with van der Waals surface area (Å²) in [7, 11) is 0. The van der Waals surface area contributed by atoms with E-state index >= 15 is 0 Å². The number of hydrogen-bond donors (Lipinski definition) is 1. The van der Waals surface area contributed by atoms with Gasteiger partial charge in [0, 0.05) is 40.6 Å². The standard InChI is InChI=1S/C25H23F2N3O2/c26-17-7-9-23-21(13-17)22-14-18(27)8-10-24(22)30(23)16-20(31)15-28-11-4-12-29(25(28)32)19-5-2-1-3-6-19/h1-3,5-10,13-14,20,31H,4,11-12,15-16H2. The molecule has 2 heterocycles. The van der Waals surface area contributed by atoms with Crippen LogP contribution in [0.15, 0.2) is 66.7 Å². The zero-order chi connectivity index (χ0) is 22.2. The number of carbonyl (C=O) groups is 1. The summed E-state index contributed by atoms with van der Waals surface area (Å²) in [5.41, 5.74) is 2.26. The van der Waals surface area contributed by atoms with Gasteiger partial charge in [0.1, 0.15) is 11.6 Å². The van der Waals surface area contributed by atoms with Crippen molar-refractivity contribution in [1.82, 2.24) is 9.47 Å². The Bertz CT molecular complexity index is 1230. The van der Waals surface area contributed by atoms with E-state index in [2.05, 4.69) is 0 Å². The molecule has 1 N–H and O–H groups in total. The number of aromatic nitrogens is 1. The van der Waals surface area contributed by atoms with Crippen molar-refractivity contribution < 1.29 is 18.7 Å². The zero-order valence-corrected chi connectivity index (χ0v) is 17.4. The van der Waals surface area contributed by atoms with Crippen LogP contribution < -0.4 is 4.90 Å². The van der Waals surface area contributed by atoms with Gasteiger partial charge in [-0.1, -0.05) is 18.2 Å². The van der Waals surface area contributed by atoms with Gasteiger partial charge < -0.3 is 14.6 Å². The number of halogens is 2. The summed E-state index contributed by atoms with van der Waals surface area (Å²) in [5.74, 6) is -0.803. The molecule has 5 nitrogen and oxygen atoms in total. The lowest BCUT2D eigenvalue weighted by atomic mass is 10.1. The number of β-amino-alcohol motifs (C(OH)–C–C–N with tert-alkyl or cyclic N) is 1. The Morgan fingerprint density at radius 3 is 2.09 bits per heavy atom. The molecule has 5 rings (SSSR count). The molecule has 1 aliphatic heterocycles. The molecule has 1 fully saturated rings. The molecule has 1 unspecified atom stereocenters. The third-order valence-corrected chi connectivity index (χ3v) is 5.99. The van der Waals surface area contributed by atoms with Crippen molar-refractivity contribution in [1.29, 1.82) is 0 Å². The summed E-state index contributed by atoms with van der Waals surface area (Å²) < 4.78 is 29.6. The van der Waals surface area contributed by atoms with E-state index in [0.717, 1.165) is 12.1 Å². The zero-order valence-electron chi connectivity index (χ0n) is 17.4. The fourth-order valence-electron chi connectivity index (χ4n) is 4.57. The number of carbonyl (C=O) groups excluding carboxylic acids is 1. The second-order valence-electron chi connectivity index (χ2n) is 8.16. The van der Waals surface area contributed by atoms with Gasteiger partial charge in [-0.25, -0.2) is 13.6 Å². The van der Waals surface area contributed by atoms with Gasteiger partial charge >= 0.3 is 6.03 Å². The number of hydrogen-bond acceptors (Lipinski definition) is 2. The van der Waals surface area contributed by atoms with Gasteiger partial charge in [-0.3, -0.25) is 4.90 Å². The Morgan fingerprint density at radius 2 is 1.47 bits per heavy atom. The summed E-state index contributed by atoms with van der Waals surface area (Å²) in [4.78, 5) is 16.4. The molecule has 0 aliphatic carbocycles. The Balaban J connectivity index is 1.40. The van der Waals surface area contributed by atoms with E-state index in [4.69, 9.17) is 0 Å². The molecule has 1 saturated heterocycles. The molecule has 1 aliphatic rings. The molecule has 0 spiro atoms. The first kappa shape index (κ1) is 20.5. The van der Waals surface area contributed by atoms with Crippen LogP contribution in [0.4, 0.5) is 19.3 Å². The van der Waals surface area contributed by atoms with Gasteiger partial charge in [0.15, 0.2) is 0 Å². The second kappa shape index (κ2) is 8.24. The summed E-state index contributed by atoms with van der Waals surface area (Å²) in [6, 6.07) is 18.1. The highest BCUT2D eigenvalue weighted by atomic mass is 19.1. The normalized spacial score (nSPS) is 15.7. The molecular weight excluding hydrogens is 412 g/mol. The van der Waals surface area contributed by atoms with Crippen LogP contribution in [0.5, 0.6) is 0 Å². The number of urea groups is 1. The van der Waals surface area contributed by atoms with Crippen molar-refractivity contribution in [2.24, 2.45) is 0 Å². The minimum Gasteiger partial charge on any atom is -0.389 e. The van der Waals surface area contributed by atoms with E-state index in [1.165, 1.54) is 24.3 Å². The van der Waals surface area contributed by atoms with Crippen LogP contribution in [0.25, 0.3) is 21.8 Å². The monoisotopic (exact) mass is 435 g/mol. The summed E-state index contributed by atoms with van der Waals surface area (Å²) in [5, 5.41) is 12.1. The molecule has 0 bridgehead atoms. The predicted molar refractivity (Wildman–Crippen MR) is 121 cm³/mol. The molecule has 0 radical (unpaired) electrons. The highest BCUT2D eigenvalue weighted by Gasteiger charge is 2.28. The van der Waals surface area contributed by atoms with Gasteiger partial charge in [-0.15, -0.1) is 0 Å². The average molecular weight is 435 g/mol. The van der Waals surface area contributed by atoms with Crippen molar-refractivity contribution in [3.05, 3.63) is 78.4 Å². The van der Waals surface area contributed by atoms with E-state index in [-0.39, 0.29) is 19.1 Å². The third-order valence-electron chi connectivity index (χ3n) is 5.99. The summed E-state index contributed by atoms with van der Waals surface area (Å²) in [6.07, 6.45) is -0.0371. The van der Waals surface area contributed by atoms with Crippen LogP contribution in [0, 0.1) is 11.6 Å². The fraction of sp³-hybridized carbons (Fsp3) is 0.240. The van der Waals surface area contributed by atoms with E-state index in [9.17, 15) is 18.7 Å². The maximum atomic E-state index is 13.9. The number of aliphatic hydroxyl groups excluding tert-OH is 1. The number of fused-ring (bicyclic) bond motifs is 3. The SMILES string of the molecule is O=C1N(CC(O)Cn2c3ccc(F)cc3c3cc(F)ccc32)CCCN1c1ccccc1. The largest absolute Gasteiger partial charge is 0.389 e. The lowest BCUT2D eigenvalue weighted by molar-refractivity contribution is 0.106. The van der Waals surface area contributed by atoms with Crippen molar-refractivity contribution in [3.63, 3.8) is 0 Å². The van der Waals surface area contributed by atoms with Crippen LogP contribution in [0.2, 0.25) is 0 Å². The number of para-hydroxylation sites is 1. The van der Waals surface area contributed by atoms with Crippen LogP contribution in [0.3, 0.4) is 0 Å². The molecule has 1 aromatic heterocycles. The van der Waals surface area contributed by atoms with Crippen LogP contribution in [0.1, 0.15) is 6.42 Å². The van der Waals surface area contributed by atoms with E-state index in [0.29, 0.717) is 34.9 Å². The van der Waals surface area contributed by atoms with Crippen molar-refractivity contribution in [2.75, 3.05) is 24.5 Å². The van der Waals surface area contributed by atoms with Gasteiger partial charge in [0.2, 0.25) is 0 Å². The highest BCUT2D eigenvalue weighted by molar-refractivity contribution is 6.08. The first-order valence-electron chi connectivity index (χ1n) is 10.7. The number of nitrogens with zero attached hydrogens (tertiary/aromatic N) is 3. The number of benzene rings is 3. The average Bonchev–Trinajstić information content (AvgIpc) is 3.07. The Labute approximate surface area is 184 Å². The Kier molecular flexibility index (Phi) is 5.27. The van der Waals surface area contributed by atoms with Crippen LogP contribution in [-0.4, -0.2) is 46.3 Å². The predicted octanol–water partition coefficient (Wildman–Crippen LogP) is 4.77. The third kappa shape index (κ3) is 3.69. The van der Waals surface area contributed by atoms with Gasteiger partial charge in [0.05, 0.1) is 19.2 Å². The molecule has 1 atom stereocenters. The smallest absolute Gasteiger partial charge is 0.324 e. The Morgan fingerprint density at radius 1 is 0.844 bits per heavy atom. The lowest BCUT2D eigenvalue weighted by Gasteiger charge is -2.36. The van der Waals surface area contributed by atoms with E-state index in [1.54, 1.807) is 21.9 Å². The van der Waals surface area contributed by atoms with Gasteiger partial charge in [-0.05, 0) is 55.0 Å². The fourth-order valence-corrected chi connectivity index (χ4v) is 4.57. The number of aliphatic hydroxyl groups is 1. The van der Waals surface area contributed by atoms with Crippen molar-refractivity contribution >= 4 is 33.5 Å². The first-order valence-corrected chi connectivity index (χ1v) is 10.7. The number of amides is 2. The first-order chi connectivity index (χ1) is 15.5. The van der Waals surface area contributed by atoms with Crippen molar-refractivity contribution in [2.45, 2.75) is 19.1 Å². The minimum atomic E-state index is -0.844. The summed E-state index contributed by atoms with van der Waals surface area (Å²) >= 11 is 0. The van der Waals surface area contributed by atoms with Crippen LogP contribution in [-0.2, 0) is 6.54 Å². The molecule has 3 aromatic carbocycles. The molecule has 7 heteroatoms. The van der Waals surface area contributed by atoms with Gasteiger partial charge in [0.25, 0.3) is 0 Å². The maximum Gasteiger partial charge on any atom is 0.324 e. The topological polar surface area (TPSA) is 48.7 Å². The maximum absolute atomic E-state index is 13.9. The molecule has 2 amide bonds. The second-order valence-corrected chi connectivity index (χ2v) is 8.16. The number of rotatable bonds is 5. The molecule has 0 saturated carbocycles. The lowest BCUT2D eigenvalue weighted by Crippen LogP contribution is -2.52. The highest BCUT2D eigenvalue weighted by Crippen LogP contribution is 2.30. The van der Waals surface area contributed by atoms with Crippen LogP contribution >= 0.6 is 0 Å². The van der Waals surface area contributed by atoms with Gasteiger partial charge in [-0.2, -0.15) is 0 Å². The molecule has 4 aromatic rings. The quantitative estimate of drug-likeness (QED) is 0.491.